The molecule has 0 bridgehead atoms. The van der Waals surface area contributed by atoms with Crippen LogP contribution in [0.5, 0.6) is 5.75 Å². The van der Waals surface area contributed by atoms with Crippen LogP contribution in [0.25, 0.3) is 0 Å². The Morgan fingerprint density at radius 1 is 1.03 bits per heavy atom. The number of ether oxygens (including phenoxy) is 1. The van der Waals surface area contributed by atoms with E-state index in [0.717, 1.165) is 30.8 Å². The van der Waals surface area contributed by atoms with E-state index in [1.165, 1.54) is 11.0 Å². The van der Waals surface area contributed by atoms with Crippen molar-refractivity contribution >= 4 is 21.9 Å². The van der Waals surface area contributed by atoms with Crippen LogP contribution in [0.1, 0.15) is 22.7 Å². The molecule has 8 nitrogen and oxygen atoms in total. The van der Waals surface area contributed by atoms with Gasteiger partial charge in [0.25, 0.3) is 0 Å². The predicted molar refractivity (Wildman–Crippen MR) is 129 cm³/mol. The third-order valence-electron chi connectivity index (χ3n) is 6.18. The Bertz CT molecular complexity index is 1500. The first kappa shape index (κ1) is 27.1. The van der Waals surface area contributed by atoms with Crippen molar-refractivity contribution in [1.29, 1.82) is 0 Å². The van der Waals surface area contributed by atoms with Gasteiger partial charge < -0.3 is 14.7 Å². The zero-order valence-electron chi connectivity index (χ0n) is 20.1. The summed E-state index contributed by atoms with van der Waals surface area (Å²) in [7, 11) is -3.23. The maximum absolute atomic E-state index is 14.4. The number of carbonyl (C=O) groups is 2. The predicted octanol–water partition coefficient (Wildman–Crippen LogP) is 3.36. The van der Waals surface area contributed by atoms with Crippen LogP contribution in [0.2, 0.25) is 0 Å². The normalized spacial score (nSPS) is 15.3. The van der Waals surface area contributed by atoms with Crippen molar-refractivity contribution in [2.24, 2.45) is 0 Å². The largest absolute Gasteiger partial charge is 0.482 e. The topological polar surface area (TPSA) is 104 Å². The van der Waals surface area contributed by atoms with Crippen molar-refractivity contribution in [1.82, 2.24) is 9.21 Å². The molecule has 1 atom stereocenters. The van der Waals surface area contributed by atoms with Crippen molar-refractivity contribution in [3.8, 4) is 5.75 Å². The minimum atomic E-state index is -4.36. The van der Waals surface area contributed by atoms with E-state index in [0.29, 0.717) is 28.4 Å². The maximum atomic E-state index is 14.4. The zero-order valence-corrected chi connectivity index (χ0v) is 20.9. The highest BCUT2D eigenvalue weighted by molar-refractivity contribution is 7.89. The van der Waals surface area contributed by atoms with E-state index < -0.39 is 63.4 Å². The molecule has 1 heterocycles. The van der Waals surface area contributed by atoms with E-state index in [9.17, 15) is 31.2 Å². The molecule has 0 aromatic heterocycles. The van der Waals surface area contributed by atoms with Gasteiger partial charge in [0.05, 0.1) is 17.5 Å². The summed E-state index contributed by atoms with van der Waals surface area (Å²) in [6.45, 7) is -1.20. The molecule has 1 aliphatic rings. The smallest absolute Gasteiger partial charge is 0.341 e. The van der Waals surface area contributed by atoms with Gasteiger partial charge in [-0.25, -0.2) is 26.4 Å². The summed E-state index contributed by atoms with van der Waals surface area (Å²) >= 11 is 0. The zero-order chi connectivity index (χ0) is 27.6. The lowest BCUT2D eigenvalue weighted by Gasteiger charge is -2.39. The van der Waals surface area contributed by atoms with Crippen molar-refractivity contribution in [3.63, 3.8) is 0 Å². The quantitative estimate of drug-likeness (QED) is 0.463. The van der Waals surface area contributed by atoms with Crippen LogP contribution in [-0.4, -0.2) is 61.4 Å². The van der Waals surface area contributed by atoms with E-state index >= 15 is 0 Å². The highest BCUT2D eigenvalue weighted by Gasteiger charge is 2.36. The fourth-order valence-electron chi connectivity index (χ4n) is 4.36. The molecule has 1 amide bonds. The van der Waals surface area contributed by atoms with Gasteiger partial charge in [-0.1, -0.05) is 24.3 Å². The number of halogens is 3. The molecule has 38 heavy (non-hydrogen) atoms. The second-order valence-electron chi connectivity index (χ2n) is 8.64. The number of sulfonamides is 1. The number of hydrogen-bond donors (Lipinski definition) is 1. The van der Waals surface area contributed by atoms with Gasteiger partial charge in [0, 0.05) is 19.2 Å². The molecule has 1 N–H and O–H groups in total. The molecule has 0 radical (unpaired) electrons. The standard InChI is InChI=1S/C26H23F3N2O6S/c1-30(38(35,36)18-7-8-21(28)22(29)13-18)14-24(32)31-11-10-16-4-2-3-5-19(16)26(31)20-12-17(27)6-9-23(20)37-15-25(33)34/h2-9,12-13,26H,10-11,14-15H2,1H3,(H,33,34). The number of amides is 1. The van der Waals surface area contributed by atoms with Gasteiger partial charge in [0.1, 0.15) is 11.6 Å². The van der Waals surface area contributed by atoms with Gasteiger partial charge >= 0.3 is 5.97 Å². The molecule has 1 unspecified atom stereocenters. The molecule has 3 aromatic rings. The molecule has 1 aliphatic heterocycles. The Morgan fingerprint density at radius 2 is 1.76 bits per heavy atom. The molecule has 0 spiro atoms. The number of carboxylic acid groups (broad SMARTS) is 1. The first-order valence-corrected chi connectivity index (χ1v) is 12.9. The number of rotatable bonds is 8. The lowest BCUT2D eigenvalue weighted by atomic mass is 9.87. The average Bonchev–Trinajstić information content (AvgIpc) is 2.88. The minimum absolute atomic E-state index is 0.0519. The van der Waals surface area contributed by atoms with E-state index in [2.05, 4.69) is 0 Å². The second kappa shape index (κ2) is 10.8. The number of benzene rings is 3. The number of carbonyl (C=O) groups excluding carboxylic acids is 1. The molecule has 200 valence electrons. The van der Waals surface area contributed by atoms with Crippen LogP contribution >= 0.6 is 0 Å². The summed E-state index contributed by atoms with van der Waals surface area (Å²) < 4.78 is 73.4. The first-order chi connectivity index (χ1) is 18.0. The average molecular weight is 549 g/mol. The molecule has 0 fully saturated rings. The highest BCUT2D eigenvalue weighted by Crippen LogP contribution is 2.40. The number of aliphatic carboxylic acids is 1. The summed E-state index contributed by atoms with van der Waals surface area (Å²) in [5.41, 5.74) is 1.71. The van der Waals surface area contributed by atoms with Crippen molar-refractivity contribution in [3.05, 3.63) is 94.8 Å². The van der Waals surface area contributed by atoms with E-state index in [1.807, 2.05) is 12.1 Å². The van der Waals surface area contributed by atoms with Gasteiger partial charge in [0.2, 0.25) is 15.9 Å². The Hall–Kier alpha value is -3.90. The molecule has 3 aromatic carbocycles. The summed E-state index contributed by atoms with van der Waals surface area (Å²) in [4.78, 5) is 25.5. The fourth-order valence-corrected chi connectivity index (χ4v) is 5.49. The Labute approximate surface area is 216 Å². The summed E-state index contributed by atoms with van der Waals surface area (Å²) in [5.74, 6) is -5.05. The molecule has 0 saturated heterocycles. The summed E-state index contributed by atoms with van der Waals surface area (Å²) in [5, 5.41) is 9.06. The maximum Gasteiger partial charge on any atom is 0.341 e. The molecule has 4 rings (SSSR count). The number of hydrogen-bond acceptors (Lipinski definition) is 5. The van der Waals surface area contributed by atoms with Crippen LogP contribution in [0, 0.1) is 17.5 Å². The molecule has 12 heteroatoms. The van der Waals surface area contributed by atoms with E-state index in [4.69, 9.17) is 9.84 Å². The molecule has 0 saturated carbocycles. The van der Waals surface area contributed by atoms with Crippen molar-refractivity contribution < 1.29 is 41.0 Å². The van der Waals surface area contributed by atoms with Gasteiger partial charge in [-0.15, -0.1) is 0 Å². The number of nitrogens with zero attached hydrogens (tertiary/aromatic N) is 2. The highest BCUT2D eigenvalue weighted by atomic mass is 32.2. The summed E-state index contributed by atoms with van der Waals surface area (Å²) in [6, 6.07) is 11.8. The van der Waals surface area contributed by atoms with E-state index in [-0.39, 0.29) is 17.9 Å². The number of fused-ring (bicyclic) bond motifs is 1. The van der Waals surface area contributed by atoms with Crippen LogP contribution in [-0.2, 0) is 26.0 Å². The van der Waals surface area contributed by atoms with Crippen LogP contribution < -0.4 is 4.74 Å². The van der Waals surface area contributed by atoms with Crippen molar-refractivity contribution in [2.75, 3.05) is 26.7 Å². The SMILES string of the molecule is CN(CC(=O)N1CCc2ccccc2C1c1cc(F)ccc1OCC(=O)O)S(=O)(=O)c1ccc(F)c(F)c1. The Balaban J connectivity index is 1.70. The van der Waals surface area contributed by atoms with Crippen LogP contribution in [0.3, 0.4) is 0 Å². The van der Waals surface area contributed by atoms with Crippen molar-refractivity contribution in [2.45, 2.75) is 17.4 Å². The third kappa shape index (κ3) is 5.50. The molecular weight excluding hydrogens is 525 g/mol. The van der Waals surface area contributed by atoms with E-state index in [1.54, 1.807) is 12.1 Å². The minimum Gasteiger partial charge on any atom is -0.482 e. The molecular formula is C26H23F3N2O6S. The third-order valence-corrected chi connectivity index (χ3v) is 7.98. The van der Waals surface area contributed by atoms with Gasteiger partial charge in [-0.3, -0.25) is 4.79 Å². The number of likely N-dealkylation sites (N-methyl/N-ethyl adjacent to an activating group) is 1. The first-order valence-electron chi connectivity index (χ1n) is 11.4. The lowest BCUT2D eigenvalue weighted by molar-refractivity contribution is -0.139. The fraction of sp³-hybridized carbons (Fsp3) is 0.231. The lowest BCUT2D eigenvalue weighted by Crippen LogP contribution is -2.46. The second-order valence-corrected chi connectivity index (χ2v) is 10.7. The molecule has 0 aliphatic carbocycles. The Kier molecular flexibility index (Phi) is 7.74. The van der Waals surface area contributed by atoms with Crippen LogP contribution in [0.15, 0.2) is 65.6 Å². The monoisotopic (exact) mass is 548 g/mol. The Morgan fingerprint density at radius 3 is 2.47 bits per heavy atom. The van der Waals surface area contributed by atoms with Gasteiger partial charge in [-0.05, 0) is 53.9 Å². The van der Waals surface area contributed by atoms with Crippen LogP contribution in [0.4, 0.5) is 13.2 Å². The van der Waals surface area contributed by atoms with Gasteiger partial charge in [-0.2, -0.15) is 4.31 Å². The van der Waals surface area contributed by atoms with Gasteiger partial charge in [0.15, 0.2) is 18.2 Å². The number of carboxylic acids is 1. The summed E-state index contributed by atoms with van der Waals surface area (Å²) in [6.07, 6.45) is 0.429.